The molecule has 0 amide bonds. The van der Waals surface area contributed by atoms with Gasteiger partial charge in [0.15, 0.2) is 0 Å². The topological polar surface area (TPSA) is 21.3 Å². The fraction of sp³-hybridized carbons (Fsp3) is 1.00. The van der Waals surface area contributed by atoms with Crippen molar-refractivity contribution in [2.45, 2.75) is 26.7 Å². The fourth-order valence-electron chi connectivity index (χ4n) is 1.70. The van der Waals surface area contributed by atoms with E-state index in [1.807, 2.05) is 0 Å². The average molecular weight is 220 g/mol. The van der Waals surface area contributed by atoms with Gasteiger partial charge in [0.2, 0.25) is 0 Å². The molecular weight excluding hydrogens is 198 g/mol. The Hall–Kier alpha value is 0.210. The van der Waals surface area contributed by atoms with Gasteiger partial charge >= 0.3 is 0 Å². The minimum absolute atomic E-state index is 0.321. The Kier molecular flexibility index (Phi) is 5.21. The third kappa shape index (κ3) is 4.63. The third-order valence-electron chi connectivity index (χ3n) is 2.83. The lowest BCUT2D eigenvalue weighted by Crippen LogP contribution is -2.33. The quantitative estimate of drug-likeness (QED) is 0.693. The van der Waals surface area contributed by atoms with Gasteiger partial charge in [-0.3, -0.25) is 0 Å². The fourth-order valence-corrected chi connectivity index (χ4v) is 2.21. The Balaban J connectivity index is 2.07. The van der Waals surface area contributed by atoms with Crippen LogP contribution in [0.1, 0.15) is 26.7 Å². The molecule has 1 atom stereocenters. The SMILES string of the molecule is CC(C)(CCCl)CNCC1CCOC1. The molecule has 2 nitrogen and oxygen atoms in total. The molecule has 1 saturated heterocycles. The Morgan fingerprint density at radius 2 is 2.29 bits per heavy atom. The van der Waals surface area contributed by atoms with E-state index in [0.29, 0.717) is 5.41 Å². The van der Waals surface area contributed by atoms with Gasteiger partial charge in [-0.15, -0.1) is 11.6 Å². The van der Waals surface area contributed by atoms with Gasteiger partial charge in [0.1, 0.15) is 0 Å². The van der Waals surface area contributed by atoms with Crippen LogP contribution in [0.4, 0.5) is 0 Å². The van der Waals surface area contributed by atoms with E-state index in [-0.39, 0.29) is 0 Å². The summed E-state index contributed by atoms with van der Waals surface area (Å²) >= 11 is 5.74. The van der Waals surface area contributed by atoms with Crippen molar-refractivity contribution in [3.63, 3.8) is 0 Å². The summed E-state index contributed by atoms with van der Waals surface area (Å²) in [5, 5.41) is 3.51. The number of hydrogen-bond donors (Lipinski definition) is 1. The molecule has 1 rings (SSSR count). The molecule has 1 unspecified atom stereocenters. The van der Waals surface area contributed by atoms with Crippen LogP contribution in [0.3, 0.4) is 0 Å². The summed E-state index contributed by atoms with van der Waals surface area (Å²) in [5.74, 6) is 1.48. The summed E-state index contributed by atoms with van der Waals surface area (Å²) in [6, 6.07) is 0. The first-order valence-corrected chi connectivity index (χ1v) is 6.02. The van der Waals surface area contributed by atoms with Crippen LogP contribution < -0.4 is 5.32 Å². The average Bonchev–Trinajstić information content (AvgIpc) is 2.56. The maximum absolute atomic E-state index is 5.74. The Morgan fingerprint density at radius 1 is 1.50 bits per heavy atom. The highest BCUT2D eigenvalue weighted by molar-refractivity contribution is 6.17. The molecule has 0 radical (unpaired) electrons. The zero-order valence-electron chi connectivity index (χ0n) is 9.31. The maximum Gasteiger partial charge on any atom is 0.0507 e. The number of alkyl halides is 1. The molecule has 14 heavy (non-hydrogen) atoms. The van der Waals surface area contributed by atoms with Crippen molar-refractivity contribution in [1.82, 2.24) is 5.32 Å². The van der Waals surface area contributed by atoms with Gasteiger partial charge in [-0.2, -0.15) is 0 Å². The minimum Gasteiger partial charge on any atom is -0.381 e. The molecule has 0 bridgehead atoms. The van der Waals surface area contributed by atoms with Crippen LogP contribution >= 0.6 is 11.6 Å². The van der Waals surface area contributed by atoms with E-state index in [4.69, 9.17) is 16.3 Å². The van der Waals surface area contributed by atoms with E-state index in [9.17, 15) is 0 Å². The van der Waals surface area contributed by atoms with Crippen molar-refractivity contribution in [3.05, 3.63) is 0 Å². The summed E-state index contributed by atoms with van der Waals surface area (Å²) in [6.45, 7) is 8.53. The van der Waals surface area contributed by atoms with Crippen molar-refractivity contribution in [3.8, 4) is 0 Å². The van der Waals surface area contributed by atoms with E-state index >= 15 is 0 Å². The molecule has 0 aromatic rings. The van der Waals surface area contributed by atoms with Crippen LogP contribution in [-0.2, 0) is 4.74 Å². The zero-order chi connectivity index (χ0) is 10.4. The highest BCUT2D eigenvalue weighted by atomic mass is 35.5. The lowest BCUT2D eigenvalue weighted by molar-refractivity contribution is 0.184. The normalized spacial score (nSPS) is 22.9. The first-order chi connectivity index (χ1) is 6.64. The van der Waals surface area contributed by atoms with Crippen LogP contribution in [-0.4, -0.2) is 32.2 Å². The second-order valence-corrected chi connectivity index (χ2v) is 5.34. The standard InChI is InChI=1S/C11H22ClNO/c1-11(2,4-5-12)9-13-7-10-3-6-14-8-10/h10,13H,3-9H2,1-2H3. The molecule has 1 N–H and O–H groups in total. The first kappa shape index (κ1) is 12.3. The highest BCUT2D eigenvalue weighted by Crippen LogP contribution is 2.20. The van der Waals surface area contributed by atoms with Gasteiger partial charge < -0.3 is 10.1 Å². The lowest BCUT2D eigenvalue weighted by atomic mass is 9.90. The summed E-state index contributed by atoms with van der Waals surface area (Å²) in [6.07, 6.45) is 2.28. The molecule has 1 heterocycles. The molecule has 0 aliphatic carbocycles. The summed E-state index contributed by atoms with van der Waals surface area (Å²) in [7, 11) is 0. The second-order valence-electron chi connectivity index (χ2n) is 4.96. The monoisotopic (exact) mass is 219 g/mol. The van der Waals surface area contributed by atoms with Crippen molar-refractivity contribution >= 4 is 11.6 Å². The Bertz CT molecular complexity index is 155. The molecular formula is C11H22ClNO. The van der Waals surface area contributed by atoms with Crippen LogP contribution in [0.2, 0.25) is 0 Å². The van der Waals surface area contributed by atoms with Crippen molar-refractivity contribution in [2.24, 2.45) is 11.3 Å². The largest absolute Gasteiger partial charge is 0.381 e. The predicted octanol–water partition coefficient (Wildman–Crippen LogP) is 2.27. The second kappa shape index (κ2) is 5.94. The molecule has 0 aromatic heterocycles. The third-order valence-corrected chi connectivity index (χ3v) is 3.02. The first-order valence-electron chi connectivity index (χ1n) is 5.48. The Morgan fingerprint density at radius 3 is 2.86 bits per heavy atom. The van der Waals surface area contributed by atoms with Gasteiger partial charge in [0.05, 0.1) is 6.61 Å². The van der Waals surface area contributed by atoms with E-state index in [0.717, 1.165) is 44.5 Å². The highest BCUT2D eigenvalue weighted by Gasteiger charge is 2.19. The summed E-state index contributed by atoms with van der Waals surface area (Å²) in [4.78, 5) is 0. The van der Waals surface area contributed by atoms with E-state index < -0.39 is 0 Å². The lowest BCUT2D eigenvalue weighted by Gasteiger charge is -2.24. The molecule has 1 fully saturated rings. The number of nitrogens with one attached hydrogen (secondary N) is 1. The molecule has 0 saturated carbocycles. The Labute approximate surface area is 92.3 Å². The zero-order valence-corrected chi connectivity index (χ0v) is 10.1. The van der Waals surface area contributed by atoms with Crippen LogP contribution in [0.25, 0.3) is 0 Å². The molecule has 0 aromatic carbocycles. The number of rotatable bonds is 6. The van der Waals surface area contributed by atoms with Gasteiger partial charge in [-0.05, 0) is 24.2 Å². The van der Waals surface area contributed by atoms with Crippen LogP contribution in [0.15, 0.2) is 0 Å². The van der Waals surface area contributed by atoms with E-state index in [1.54, 1.807) is 0 Å². The molecule has 1 aliphatic heterocycles. The van der Waals surface area contributed by atoms with Crippen molar-refractivity contribution in [1.29, 1.82) is 0 Å². The summed E-state index contributed by atoms with van der Waals surface area (Å²) in [5.41, 5.74) is 0.321. The smallest absolute Gasteiger partial charge is 0.0507 e. The molecule has 84 valence electrons. The summed E-state index contributed by atoms with van der Waals surface area (Å²) < 4.78 is 5.33. The van der Waals surface area contributed by atoms with Crippen LogP contribution in [0, 0.1) is 11.3 Å². The number of halogens is 1. The number of ether oxygens (including phenoxy) is 1. The molecule has 1 aliphatic rings. The van der Waals surface area contributed by atoms with E-state index in [1.165, 1.54) is 6.42 Å². The predicted molar refractivity (Wildman–Crippen MR) is 60.9 cm³/mol. The van der Waals surface area contributed by atoms with Gasteiger partial charge in [0.25, 0.3) is 0 Å². The van der Waals surface area contributed by atoms with E-state index in [2.05, 4.69) is 19.2 Å². The van der Waals surface area contributed by atoms with Gasteiger partial charge in [-0.25, -0.2) is 0 Å². The van der Waals surface area contributed by atoms with Gasteiger partial charge in [-0.1, -0.05) is 13.8 Å². The maximum atomic E-state index is 5.74. The number of hydrogen-bond acceptors (Lipinski definition) is 2. The van der Waals surface area contributed by atoms with Crippen LogP contribution in [0.5, 0.6) is 0 Å². The molecule has 0 spiro atoms. The van der Waals surface area contributed by atoms with Crippen molar-refractivity contribution < 1.29 is 4.74 Å². The minimum atomic E-state index is 0.321. The molecule has 3 heteroatoms. The van der Waals surface area contributed by atoms with Gasteiger partial charge in [0, 0.05) is 25.6 Å². The van der Waals surface area contributed by atoms with Crippen molar-refractivity contribution in [2.75, 3.05) is 32.2 Å².